The SMILES string of the molecule is CC(C)(c1ccc(-n2nc(C(=O)O)c3c2-c2ccccc2S(=O)(=O)C3)cc1)N1CCOCC1.Cl. The highest BCUT2D eigenvalue weighted by Crippen LogP contribution is 2.40. The molecule has 8 nitrogen and oxygen atoms in total. The second-order valence-electron chi connectivity index (χ2n) is 8.85. The fraction of sp³-hybridized carbons (Fsp3) is 0.333. The van der Waals surface area contributed by atoms with E-state index in [9.17, 15) is 18.3 Å². The Morgan fingerprint density at radius 3 is 2.35 bits per heavy atom. The molecular formula is C24H26ClN3O5S. The largest absolute Gasteiger partial charge is 0.476 e. The summed E-state index contributed by atoms with van der Waals surface area (Å²) in [5, 5.41) is 14.1. The summed E-state index contributed by atoms with van der Waals surface area (Å²) in [5.74, 6) is -1.63. The molecule has 0 radical (unpaired) electrons. The quantitative estimate of drug-likeness (QED) is 0.581. The Balaban J connectivity index is 0.00000274. The van der Waals surface area contributed by atoms with E-state index in [1.807, 2.05) is 24.3 Å². The van der Waals surface area contributed by atoms with Gasteiger partial charge in [-0.3, -0.25) is 4.90 Å². The molecule has 2 aliphatic rings. The van der Waals surface area contributed by atoms with Crippen LogP contribution in [0, 0.1) is 0 Å². The maximum Gasteiger partial charge on any atom is 0.356 e. The van der Waals surface area contributed by atoms with E-state index in [0.29, 0.717) is 30.2 Å². The standard InChI is InChI=1S/C24H25N3O5S.ClH/c1-24(2,26-11-13-32-14-12-26)16-7-9-17(10-8-16)27-22-18-5-3-4-6-20(18)33(30,31)15-19(22)21(25-27)23(28)29;/h3-10H,11-15H2,1-2H3,(H,28,29);1H. The highest BCUT2D eigenvalue weighted by atomic mass is 35.5. The third-order valence-corrected chi connectivity index (χ3v) is 8.31. The summed E-state index contributed by atoms with van der Waals surface area (Å²) in [6, 6.07) is 14.5. The zero-order chi connectivity index (χ0) is 23.4. The molecule has 0 spiro atoms. The van der Waals surface area contributed by atoms with Gasteiger partial charge >= 0.3 is 5.97 Å². The minimum atomic E-state index is -3.65. The molecule has 0 amide bonds. The number of aromatic nitrogens is 2. The number of aromatic carboxylic acids is 1. The van der Waals surface area contributed by atoms with Crippen molar-refractivity contribution in [2.24, 2.45) is 0 Å². The molecule has 1 aromatic heterocycles. The van der Waals surface area contributed by atoms with Crippen LogP contribution in [0.1, 0.15) is 35.5 Å². The molecule has 1 saturated heterocycles. The van der Waals surface area contributed by atoms with Crippen LogP contribution < -0.4 is 0 Å². The predicted molar refractivity (Wildman–Crippen MR) is 130 cm³/mol. The number of halogens is 1. The van der Waals surface area contributed by atoms with E-state index in [4.69, 9.17) is 4.74 Å². The molecule has 1 N–H and O–H groups in total. The first-order valence-electron chi connectivity index (χ1n) is 10.8. The molecular weight excluding hydrogens is 478 g/mol. The highest BCUT2D eigenvalue weighted by molar-refractivity contribution is 7.90. The van der Waals surface area contributed by atoms with Crippen LogP contribution in [0.4, 0.5) is 0 Å². The van der Waals surface area contributed by atoms with E-state index < -0.39 is 15.8 Å². The molecule has 2 aromatic carbocycles. The van der Waals surface area contributed by atoms with Gasteiger partial charge in [0.2, 0.25) is 0 Å². The molecule has 3 aromatic rings. The van der Waals surface area contributed by atoms with Gasteiger partial charge in [-0.1, -0.05) is 30.3 Å². The molecule has 0 bridgehead atoms. The van der Waals surface area contributed by atoms with E-state index in [-0.39, 0.29) is 39.9 Å². The lowest BCUT2D eigenvalue weighted by Crippen LogP contribution is -2.47. The fourth-order valence-corrected chi connectivity index (χ4v) is 6.33. The topological polar surface area (TPSA) is 102 Å². The van der Waals surface area contributed by atoms with E-state index in [1.165, 1.54) is 0 Å². The second-order valence-corrected chi connectivity index (χ2v) is 10.8. The van der Waals surface area contributed by atoms with Gasteiger partial charge in [0.1, 0.15) is 0 Å². The Hall–Kier alpha value is -2.72. The first kappa shape index (κ1) is 24.4. The van der Waals surface area contributed by atoms with Crippen LogP contribution in [0.3, 0.4) is 0 Å². The normalized spacial score (nSPS) is 17.4. The summed E-state index contributed by atoms with van der Waals surface area (Å²) in [4.78, 5) is 14.5. The van der Waals surface area contributed by atoms with Gasteiger partial charge < -0.3 is 9.84 Å². The maximum atomic E-state index is 12.8. The Morgan fingerprint density at radius 1 is 1.06 bits per heavy atom. The predicted octanol–water partition coefficient (Wildman–Crippen LogP) is 3.51. The molecule has 0 saturated carbocycles. The molecule has 3 heterocycles. The Kier molecular flexibility index (Phi) is 6.32. The number of carbonyl (C=O) groups is 1. The number of ether oxygens (including phenoxy) is 1. The first-order valence-corrected chi connectivity index (χ1v) is 12.5. The lowest BCUT2D eigenvalue weighted by atomic mass is 9.91. The lowest BCUT2D eigenvalue weighted by Gasteiger charge is -2.41. The lowest BCUT2D eigenvalue weighted by molar-refractivity contribution is -0.0118. The Labute approximate surface area is 204 Å². The van der Waals surface area contributed by atoms with Crippen molar-refractivity contribution in [1.82, 2.24) is 14.7 Å². The average Bonchev–Trinajstić information content (AvgIpc) is 3.19. The number of hydrogen-bond acceptors (Lipinski definition) is 6. The van der Waals surface area contributed by atoms with Crippen molar-refractivity contribution in [3.8, 4) is 16.9 Å². The van der Waals surface area contributed by atoms with Gasteiger partial charge in [-0.15, -0.1) is 12.4 Å². The van der Waals surface area contributed by atoms with Gasteiger partial charge in [-0.05, 0) is 37.6 Å². The summed E-state index contributed by atoms with van der Waals surface area (Å²) in [6.45, 7) is 7.48. The summed E-state index contributed by atoms with van der Waals surface area (Å²) in [5.41, 5.74) is 2.57. The van der Waals surface area contributed by atoms with Crippen LogP contribution in [-0.2, 0) is 25.9 Å². The molecule has 5 rings (SSSR count). The van der Waals surface area contributed by atoms with Gasteiger partial charge in [0, 0.05) is 29.8 Å². The van der Waals surface area contributed by atoms with Crippen LogP contribution >= 0.6 is 12.4 Å². The zero-order valence-electron chi connectivity index (χ0n) is 18.9. The van der Waals surface area contributed by atoms with Crippen molar-refractivity contribution in [3.05, 3.63) is 65.4 Å². The zero-order valence-corrected chi connectivity index (χ0v) is 20.5. The monoisotopic (exact) mass is 503 g/mol. The third kappa shape index (κ3) is 3.92. The van der Waals surface area contributed by atoms with Gasteiger partial charge in [-0.25, -0.2) is 17.9 Å². The number of benzene rings is 2. The summed E-state index contributed by atoms with van der Waals surface area (Å²) in [7, 11) is -3.65. The molecule has 0 atom stereocenters. The number of carboxylic acids is 1. The van der Waals surface area contributed by atoms with Crippen molar-refractivity contribution in [2.75, 3.05) is 26.3 Å². The van der Waals surface area contributed by atoms with Crippen molar-refractivity contribution >= 4 is 28.2 Å². The van der Waals surface area contributed by atoms with E-state index in [0.717, 1.165) is 18.7 Å². The van der Waals surface area contributed by atoms with Crippen LogP contribution in [0.25, 0.3) is 16.9 Å². The first-order chi connectivity index (χ1) is 15.7. The molecule has 180 valence electrons. The summed E-state index contributed by atoms with van der Waals surface area (Å²) < 4.78 is 32.7. The van der Waals surface area contributed by atoms with E-state index in [1.54, 1.807) is 28.9 Å². The van der Waals surface area contributed by atoms with Gasteiger partial charge in [-0.2, -0.15) is 5.10 Å². The van der Waals surface area contributed by atoms with Crippen LogP contribution in [-0.4, -0.2) is 60.5 Å². The molecule has 1 fully saturated rings. The van der Waals surface area contributed by atoms with Crippen molar-refractivity contribution in [3.63, 3.8) is 0 Å². The molecule has 0 aliphatic carbocycles. The van der Waals surface area contributed by atoms with Crippen LogP contribution in [0.2, 0.25) is 0 Å². The van der Waals surface area contributed by atoms with Crippen LogP contribution in [0.15, 0.2) is 53.4 Å². The number of rotatable bonds is 4. The van der Waals surface area contributed by atoms with Crippen molar-refractivity contribution in [1.29, 1.82) is 0 Å². The maximum absolute atomic E-state index is 12.8. The Morgan fingerprint density at radius 2 is 1.71 bits per heavy atom. The summed E-state index contributed by atoms with van der Waals surface area (Å²) in [6.07, 6.45) is 0. The van der Waals surface area contributed by atoms with Gasteiger partial charge in [0.05, 0.1) is 35.2 Å². The number of morpholine rings is 1. The summed E-state index contributed by atoms with van der Waals surface area (Å²) >= 11 is 0. The number of fused-ring (bicyclic) bond motifs is 3. The van der Waals surface area contributed by atoms with Gasteiger partial charge in [0.15, 0.2) is 15.5 Å². The number of carboxylic acid groups (broad SMARTS) is 1. The minimum absolute atomic E-state index is 0. The van der Waals surface area contributed by atoms with Crippen molar-refractivity contribution < 1.29 is 23.1 Å². The number of hydrogen-bond donors (Lipinski definition) is 1. The number of sulfone groups is 1. The van der Waals surface area contributed by atoms with Crippen LogP contribution in [0.5, 0.6) is 0 Å². The average molecular weight is 504 g/mol. The van der Waals surface area contributed by atoms with E-state index in [2.05, 4.69) is 23.8 Å². The van der Waals surface area contributed by atoms with Crippen molar-refractivity contribution in [2.45, 2.75) is 30.0 Å². The molecule has 0 unspecified atom stereocenters. The molecule has 34 heavy (non-hydrogen) atoms. The highest BCUT2D eigenvalue weighted by Gasteiger charge is 2.36. The van der Waals surface area contributed by atoms with E-state index >= 15 is 0 Å². The van der Waals surface area contributed by atoms with Gasteiger partial charge in [0.25, 0.3) is 0 Å². The third-order valence-electron chi connectivity index (χ3n) is 6.62. The molecule has 10 heteroatoms. The minimum Gasteiger partial charge on any atom is -0.476 e. The molecule has 2 aliphatic heterocycles. The smallest absolute Gasteiger partial charge is 0.356 e. The number of nitrogens with zero attached hydrogens (tertiary/aromatic N) is 3. The fourth-order valence-electron chi connectivity index (χ4n) is 4.74. The Bertz CT molecular complexity index is 1340. The second kappa shape index (κ2) is 8.81.